The number of benzene rings is 1. The second kappa shape index (κ2) is 7.98. The van der Waals surface area contributed by atoms with E-state index in [-0.39, 0.29) is 30.0 Å². The average molecular weight is 397 g/mol. The van der Waals surface area contributed by atoms with Gasteiger partial charge in [0.25, 0.3) is 5.91 Å². The fourth-order valence-corrected chi connectivity index (χ4v) is 4.01. The van der Waals surface area contributed by atoms with Gasteiger partial charge in [0.2, 0.25) is 5.78 Å². The summed E-state index contributed by atoms with van der Waals surface area (Å²) in [5.41, 5.74) is 0.625. The number of ether oxygens (including phenoxy) is 1. The number of piperidine rings is 1. The summed E-state index contributed by atoms with van der Waals surface area (Å²) in [7, 11) is 0. The van der Waals surface area contributed by atoms with Crippen LogP contribution in [-0.4, -0.2) is 42.3 Å². The van der Waals surface area contributed by atoms with E-state index in [2.05, 4.69) is 0 Å². The average Bonchev–Trinajstić information content (AvgIpc) is 3.41. The number of esters is 1. The fourth-order valence-electron chi connectivity index (χ4n) is 3.32. The third-order valence-electron chi connectivity index (χ3n) is 4.89. The second-order valence-corrected chi connectivity index (χ2v) is 7.67. The Morgan fingerprint density at radius 2 is 1.89 bits per heavy atom. The van der Waals surface area contributed by atoms with E-state index in [1.807, 2.05) is 29.6 Å². The zero-order chi connectivity index (χ0) is 19.5. The number of ketones is 1. The number of carbonyl (C=O) groups is 3. The van der Waals surface area contributed by atoms with Crippen LogP contribution in [0.5, 0.6) is 0 Å². The van der Waals surface area contributed by atoms with Crippen molar-refractivity contribution in [2.24, 2.45) is 5.92 Å². The van der Waals surface area contributed by atoms with E-state index in [1.54, 1.807) is 23.1 Å². The van der Waals surface area contributed by atoms with Gasteiger partial charge in [-0.2, -0.15) is 0 Å². The van der Waals surface area contributed by atoms with E-state index in [0.717, 1.165) is 5.39 Å². The number of para-hydroxylation sites is 1. The molecule has 1 saturated heterocycles. The van der Waals surface area contributed by atoms with Crippen LogP contribution in [0.1, 0.15) is 33.1 Å². The Hall–Kier alpha value is -2.93. The normalized spacial score (nSPS) is 14.9. The first kappa shape index (κ1) is 18.4. The number of furan rings is 1. The Labute approximate surface area is 165 Å². The van der Waals surface area contributed by atoms with Gasteiger partial charge in [0.15, 0.2) is 12.4 Å². The number of thiophene rings is 1. The van der Waals surface area contributed by atoms with E-state index in [4.69, 9.17) is 9.15 Å². The molecule has 28 heavy (non-hydrogen) atoms. The molecule has 3 heterocycles. The van der Waals surface area contributed by atoms with Crippen LogP contribution in [0, 0.1) is 5.92 Å². The summed E-state index contributed by atoms with van der Waals surface area (Å²) in [6.45, 7) is 0.676. The predicted molar refractivity (Wildman–Crippen MR) is 104 cm³/mol. The lowest BCUT2D eigenvalue weighted by molar-refractivity contribution is -0.148. The van der Waals surface area contributed by atoms with Crippen molar-refractivity contribution in [3.63, 3.8) is 0 Å². The predicted octanol–water partition coefficient (Wildman–Crippen LogP) is 3.77. The van der Waals surface area contributed by atoms with Crippen molar-refractivity contribution in [2.45, 2.75) is 12.8 Å². The first-order valence-electron chi connectivity index (χ1n) is 9.13. The third kappa shape index (κ3) is 3.84. The van der Waals surface area contributed by atoms with Gasteiger partial charge in [0.05, 0.1) is 10.8 Å². The molecule has 1 fully saturated rings. The highest BCUT2D eigenvalue weighted by atomic mass is 32.1. The number of nitrogens with zero attached hydrogens (tertiary/aromatic N) is 1. The summed E-state index contributed by atoms with van der Waals surface area (Å²) in [5, 5.41) is 2.70. The van der Waals surface area contributed by atoms with E-state index in [1.165, 1.54) is 11.3 Å². The number of rotatable bonds is 5. The Morgan fingerprint density at radius 1 is 1.11 bits per heavy atom. The Bertz CT molecular complexity index is 966. The maximum Gasteiger partial charge on any atom is 0.309 e. The molecule has 4 rings (SSSR count). The number of fused-ring (bicyclic) bond motifs is 1. The van der Waals surface area contributed by atoms with Gasteiger partial charge in [0.1, 0.15) is 5.58 Å². The van der Waals surface area contributed by atoms with Crippen LogP contribution in [0.3, 0.4) is 0 Å². The van der Waals surface area contributed by atoms with Crippen molar-refractivity contribution in [1.82, 2.24) is 4.90 Å². The highest BCUT2D eigenvalue weighted by Gasteiger charge is 2.29. The van der Waals surface area contributed by atoms with E-state index < -0.39 is 5.97 Å². The van der Waals surface area contributed by atoms with E-state index in [9.17, 15) is 14.4 Å². The number of Topliss-reactive ketones (excluding diaryl/α,β-unsaturated/α-hetero) is 1. The molecule has 7 heteroatoms. The maximum atomic E-state index is 12.3. The van der Waals surface area contributed by atoms with Crippen molar-refractivity contribution in [3.8, 4) is 0 Å². The second-order valence-electron chi connectivity index (χ2n) is 6.72. The molecule has 0 radical (unpaired) electrons. The lowest BCUT2D eigenvalue weighted by Gasteiger charge is -2.30. The zero-order valence-corrected chi connectivity index (χ0v) is 15.9. The standard InChI is InChI=1S/C21H19NO5S/c23-16(18-12-15-4-1-2-5-17(15)27-18)13-26-21(25)14-7-9-22(10-8-14)20(24)19-6-3-11-28-19/h1-6,11-12,14H,7-10,13H2. The summed E-state index contributed by atoms with van der Waals surface area (Å²) in [4.78, 5) is 39.4. The first-order valence-corrected chi connectivity index (χ1v) is 10.0. The van der Waals surface area contributed by atoms with E-state index in [0.29, 0.717) is 36.4 Å². The molecule has 6 nitrogen and oxygen atoms in total. The molecule has 1 aliphatic rings. The molecule has 0 N–H and O–H groups in total. The van der Waals surface area contributed by atoms with Crippen LogP contribution in [0.2, 0.25) is 0 Å². The fraction of sp³-hybridized carbons (Fsp3) is 0.286. The molecular formula is C21H19NO5S. The quantitative estimate of drug-likeness (QED) is 0.484. The lowest BCUT2D eigenvalue weighted by Crippen LogP contribution is -2.40. The van der Waals surface area contributed by atoms with Crippen LogP contribution in [0.15, 0.2) is 52.3 Å². The number of carbonyl (C=O) groups excluding carboxylic acids is 3. The first-order chi connectivity index (χ1) is 13.6. The summed E-state index contributed by atoms with van der Waals surface area (Å²) in [5.74, 6) is -0.870. The zero-order valence-electron chi connectivity index (χ0n) is 15.1. The van der Waals surface area contributed by atoms with Crippen molar-refractivity contribution in [2.75, 3.05) is 19.7 Å². The van der Waals surface area contributed by atoms with Gasteiger partial charge in [-0.05, 0) is 36.4 Å². The highest BCUT2D eigenvalue weighted by molar-refractivity contribution is 7.12. The Balaban J connectivity index is 1.27. The molecule has 0 saturated carbocycles. The summed E-state index contributed by atoms with van der Waals surface area (Å²) in [6, 6.07) is 12.6. The molecule has 144 valence electrons. The monoisotopic (exact) mass is 397 g/mol. The van der Waals surface area contributed by atoms with Crippen LogP contribution in [0.4, 0.5) is 0 Å². The lowest BCUT2D eigenvalue weighted by atomic mass is 9.97. The summed E-state index contributed by atoms with van der Waals surface area (Å²) in [6.07, 6.45) is 1.07. The molecule has 0 spiro atoms. The number of hydrogen-bond acceptors (Lipinski definition) is 6. The SMILES string of the molecule is O=C(COC(=O)C1CCN(C(=O)c2cccs2)CC1)c1cc2ccccc2o1. The minimum absolute atomic E-state index is 0.00174. The van der Waals surface area contributed by atoms with Gasteiger partial charge >= 0.3 is 5.97 Å². The summed E-state index contributed by atoms with van der Waals surface area (Å²) >= 11 is 1.41. The number of likely N-dealkylation sites (tertiary alicyclic amines) is 1. The molecule has 1 aromatic carbocycles. The van der Waals surface area contributed by atoms with Crippen molar-refractivity contribution >= 4 is 40.0 Å². The topological polar surface area (TPSA) is 76.8 Å². The Kier molecular flexibility index (Phi) is 5.25. The van der Waals surface area contributed by atoms with Gasteiger partial charge in [0, 0.05) is 18.5 Å². The van der Waals surface area contributed by atoms with Gasteiger partial charge in [-0.15, -0.1) is 11.3 Å². The molecule has 1 amide bonds. The minimum atomic E-state index is -0.396. The molecule has 0 unspecified atom stereocenters. The molecule has 2 aromatic heterocycles. The van der Waals surface area contributed by atoms with Gasteiger partial charge in [-0.25, -0.2) is 0 Å². The van der Waals surface area contributed by atoms with Crippen molar-refractivity contribution in [3.05, 3.63) is 58.5 Å². The molecule has 0 atom stereocenters. The largest absolute Gasteiger partial charge is 0.457 e. The van der Waals surface area contributed by atoms with E-state index >= 15 is 0 Å². The van der Waals surface area contributed by atoms with Crippen molar-refractivity contribution < 1.29 is 23.5 Å². The third-order valence-corrected chi connectivity index (χ3v) is 5.75. The molecule has 1 aliphatic heterocycles. The van der Waals surface area contributed by atoms with Gasteiger partial charge in [-0.3, -0.25) is 14.4 Å². The van der Waals surface area contributed by atoms with Crippen LogP contribution < -0.4 is 0 Å². The number of hydrogen-bond donors (Lipinski definition) is 0. The molecular weight excluding hydrogens is 378 g/mol. The summed E-state index contributed by atoms with van der Waals surface area (Å²) < 4.78 is 10.7. The minimum Gasteiger partial charge on any atom is -0.457 e. The van der Waals surface area contributed by atoms with Gasteiger partial charge < -0.3 is 14.1 Å². The molecule has 0 bridgehead atoms. The van der Waals surface area contributed by atoms with Gasteiger partial charge in [-0.1, -0.05) is 24.3 Å². The Morgan fingerprint density at radius 3 is 2.61 bits per heavy atom. The van der Waals surface area contributed by atoms with Crippen LogP contribution >= 0.6 is 11.3 Å². The maximum absolute atomic E-state index is 12.3. The molecule has 0 aliphatic carbocycles. The van der Waals surface area contributed by atoms with Crippen molar-refractivity contribution in [1.29, 1.82) is 0 Å². The van der Waals surface area contributed by atoms with Crippen LogP contribution in [0.25, 0.3) is 11.0 Å². The van der Waals surface area contributed by atoms with Crippen LogP contribution in [-0.2, 0) is 9.53 Å². The highest BCUT2D eigenvalue weighted by Crippen LogP contribution is 2.23. The smallest absolute Gasteiger partial charge is 0.309 e. The molecule has 3 aromatic rings. The number of amides is 1.